The normalized spacial score (nSPS) is 12.3. The van der Waals surface area contributed by atoms with Gasteiger partial charge >= 0.3 is 0 Å². The Morgan fingerprint density at radius 2 is 1.93 bits per heavy atom. The molecule has 0 heterocycles. The molecule has 1 atom stereocenters. The number of hydrogen-bond acceptors (Lipinski definition) is 3. The van der Waals surface area contributed by atoms with Gasteiger partial charge < -0.3 is 10.1 Å². The van der Waals surface area contributed by atoms with Crippen molar-refractivity contribution < 1.29 is 4.74 Å². The topological polar surface area (TPSA) is 24.5 Å². The molecule has 1 rings (SSSR count). The SMILES string of the molecule is CC(OC(=S)Nc1ccccc1)N(C)C. The molecule has 0 aliphatic carbocycles. The van der Waals surface area contributed by atoms with Crippen LogP contribution < -0.4 is 5.32 Å². The van der Waals surface area contributed by atoms with E-state index in [2.05, 4.69) is 5.32 Å². The second-order valence-corrected chi connectivity index (χ2v) is 3.83. The maximum absolute atomic E-state index is 5.46. The lowest BCUT2D eigenvalue weighted by atomic mass is 10.3. The number of hydrogen-bond donors (Lipinski definition) is 1. The van der Waals surface area contributed by atoms with Crippen molar-refractivity contribution in [3.8, 4) is 0 Å². The lowest BCUT2D eigenvalue weighted by Crippen LogP contribution is -2.31. The van der Waals surface area contributed by atoms with Crippen molar-refractivity contribution in [2.45, 2.75) is 13.2 Å². The fourth-order valence-corrected chi connectivity index (χ4v) is 1.19. The highest BCUT2D eigenvalue weighted by molar-refractivity contribution is 7.80. The molecular weight excluding hydrogens is 208 g/mol. The molecule has 82 valence electrons. The Balaban J connectivity index is 2.43. The minimum Gasteiger partial charge on any atom is -0.452 e. The molecule has 3 nitrogen and oxygen atoms in total. The summed E-state index contributed by atoms with van der Waals surface area (Å²) in [6, 6.07) is 9.73. The van der Waals surface area contributed by atoms with Crippen LogP contribution in [-0.4, -0.2) is 30.4 Å². The van der Waals surface area contributed by atoms with Crippen molar-refractivity contribution in [1.29, 1.82) is 0 Å². The molecule has 0 amide bonds. The number of ether oxygens (including phenoxy) is 1. The van der Waals surface area contributed by atoms with E-state index in [0.717, 1.165) is 5.69 Å². The second-order valence-electron chi connectivity index (χ2n) is 3.46. The number of nitrogens with zero attached hydrogens (tertiary/aromatic N) is 1. The summed E-state index contributed by atoms with van der Waals surface area (Å²) < 4.78 is 5.46. The van der Waals surface area contributed by atoms with Gasteiger partial charge in [-0.3, -0.25) is 4.90 Å². The van der Waals surface area contributed by atoms with E-state index in [1.54, 1.807) is 0 Å². The highest BCUT2D eigenvalue weighted by atomic mass is 32.1. The van der Waals surface area contributed by atoms with Gasteiger partial charge in [-0.25, -0.2) is 0 Å². The third-order valence-electron chi connectivity index (χ3n) is 2.02. The van der Waals surface area contributed by atoms with E-state index in [1.165, 1.54) is 0 Å². The fourth-order valence-electron chi connectivity index (χ4n) is 0.929. The predicted octanol–water partition coefficient (Wildman–Crippen LogP) is 2.31. The van der Waals surface area contributed by atoms with Crippen LogP contribution in [0.5, 0.6) is 0 Å². The first kappa shape index (κ1) is 11.9. The average molecular weight is 224 g/mol. The minimum absolute atomic E-state index is 0.0336. The molecule has 0 bridgehead atoms. The summed E-state index contributed by atoms with van der Waals surface area (Å²) in [7, 11) is 3.88. The molecule has 15 heavy (non-hydrogen) atoms. The lowest BCUT2D eigenvalue weighted by molar-refractivity contribution is 0.0737. The summed E-state index contributed by atoms with van der Waals surface area (Å²) >= 11 is 5.07. The van der Waals surface area contributed by atoms with Gasteiger partial charge in [-0.05, 0) is 45.4 Å². The Hall–Kier alpha value is -1.13. The first-order chi connectivity index (χ1) is 7.09. The summed E-state index contributed by atoms with van der Waals surface area (Å²) in [5, 5.41) is 3.40. The van der Waals surface area contributed by atoms with Crippen LogP contribution in [0, 0.1) is 0 Å². The van der Waals surface area contributed by atoms with Gasteiger partial charge in [-0.1, -0.05) is 18.2 Å². The van der Waals surface area contributed by atoms with E-state index in [0.29, 0.717) is 5.17 Å². The number of thiocarbonyl (C=S) groups is 1. The maximum atomic E-state index is 5.46. The van der Waals surface area contributed by atoms with Crippen molar-refractivity contribution in [3.63, 3.8) is 0 Å². The largest absolute Gasteiger partial charge is 0.452 e. The molecule has 0 fully saturated rings. The Kier molecular flexibility index (Phi) is 4.52. The number of para-hydroxylation sites is 1. The van der Waals surface area contributed by atoms with Gasteiger partial charge in [0.1, 0.15) is 0 Å². The Bertz CT molecular complexity index is 314. The summed E-state index contributed by atoms with van der Waals surface area (Å²) in [4.78, 5) is 1.94. The Morgan fingerprint density at radius 3 is 2.47 bits per heavy atom. The number of nitrogens with one attached hydrogen (secondary N) is 1. The molecule has 1 aromatic rings. The zero-order chi connectivity index (χ0) is 11.3. The van der Waals surface area contributed by atoms with Crippen molar-refractivity contribution in [2.24, 2.45) is 0 Å². The van der Waals surface area contributed by atoms with Crippen LogP contribution in [0.25, 0.3) is 0 Å². The predicted molar refractivity (Wildman–Crippen MR) is 66.9 cm³/mol. The second kappa shape index (κ2) is 5.68. The zero-order valence-corrected chi connectivity index (χ0v) is 10.0. The van der Waals surface area contributed by atoms with Crippen molar-refractivity contribution >= 4 is 23.1 Å². The lowest BCUT2D eigenvalue weighted by Gasteiger charge is -2.21. The molecule has 0 saturated carbocycles. The number of rotatable bonds is 3. The van der Waals surface area contributed by atoms with Gasteiger partial charge in [-0.15, -0.1) is 0 Å². The molecule has 1 N–H and O–H groups in total. The van der Waals surface area contributed by atoms with E-state index in [-0.39, 0.29) is 6.23 Å². The highest BCUT2D eigenvalue weighted by Gasteiger charge is 2.07. The van der Waals surface area contributed by atoms with Gasteiger partial charge in [0, 0.05) is 5.69 Å². The molecule has 0 aliphatic heterocycles. The molecule has 0 saturated heterocycles. The standard InChI is InChI=1S/C11H16N2OS/c1-9(13(2)3)14-11(15)12-10-7-5-4-6-8-10/h4-9H,1-3H3,(H,12,15). The quantitative estimate of drug-likeness (QED) is 0.629. The van der Waals surface area contributed by atoms with Gasteiger partial charge in [0.2, 0.25) is 0 Å². The molecule has 0 radical (unpaired) electrons. The van der Waals surface area contributed by atoms with Crippen LogP contribution in [0.4, 0.5) is 5.69 Å². The first-order valence-electron chi connectivity index (χ1n) is 4.78. The van der Waals surface area contributed by atoms with Crippen molar-refractivity contribution in [2.75, 3.05) is 19.4 Å². The first-order valence-corrected chi connectivity index (χ1v) is 5.19. The van der Waals surface area contributed by atoms with E-state index < -0.39 is 0 Å². The summed E-state index contributed by atoms with van der Waals surface area (Å²) in [6.45, 7) is 1.94. The molecule has 1 unspecified atom stereocenters. The molecule has 0 aromatic heterocycles. The van der Waals surface area contributed by atoms with E-state index in [9.17, 15) is 0 Å². The summed E-state index contributed by atoms with van der Waals surface area (Å²) in [5.41, 5.74) is 0.938. The fraction of sp³-hybridized carbons (Fsp3) is 0.364. The summed E-state index contributed by atoms with van der Waals surface area (Å²) in [5.74, 6) is 0. The molecular formula is C11H16N2OS. The van der Waals surface area contributed by atoms with E-state index >= 15 is 0 Å². The van der Waals surface area contributed by atoms with Gasteiger partial charge in [0.05, 0.1) is 0 Å². The highest BCUT2D eigenvalue weighted by Crippen LogP contribution is 2.06. The van der Waals surface area contributed by atoms with Crippen molar-refractivity contribution in [1.82, 2.24) is 4.90 Å². The monoisotopic (exact) mass is 224 g/mol. The zero-order valence-electron chi connectivity index (χ0n) is 9.23. The Morgan fingerprint density at radius 1 is 1.33 bits per heavy atom. The average Bonchev–Trinajstić information content (AvgIpc) is 2.18. The maximum Gasteiger partial charge on any atom is 0.262 e. The third-order valence-corrected chi connectivity index (χ3v) is 2.22. The van der Waals surface area contributed by atoms with Crippen LogP contribution in [0.1, 0.15) is 6.92 Å². The molecule has 0 spiro atoms. The Labute approximate surface area is 96.0 Å². The minimum atomic E-state index is -0.0336. The van der Waals surface area contributed by atoms with E-state index in [1.807, 2.05) is 56.3 Å². The number of benzene rings is 1. The van der Waals surface area contributed by atoms with Crippen LogP contribution >= 0.6 is 12.2 Å². The summed E-state index contributed by atoms with van der Waals surface area (Å²) in [6.07, 6.45) is -0.0336. The van der Waals surface area contributed by atoms with Gasteiger partial charge in [-0.2, -0.15) is 0 Å². The van der Waals surface area contributed by atoms with Gasteiger partial charge in [0.15, 0.2) is 6.23 Å². The molecule has 0 aliphatic rings. The van der Waals surface area contributed by atoms with Crippen LogP contribution in [0.3, 0.4) is 0 Å². The van der Waals surface area contributed by atoms with Crippen LogP contribution in [0.15, 0.2) is 30.3 Å². The smallest absolute Gasteiger partial charge is 0.262 e. The van der Waals surface area contributed by atoms with Crippen LogP contribution in [0.2, 0.25) is 0 Å². The number of anilines is 1. The van der Waals surface area contributed by atoms with Crippen LogP contribution in [-0.2, 0) is 4.74 Å². The van der Waals surface area contributed by atoms with E-state index in [4.69, 9.17) is 17.0 Å². The van der Waals surface area contributed by atoms with Gasteiger partial charge in [0.25, 0.3) is 5.17 Å². The van der Waals surface area contributed by atoms with Crippen molar-refractivity contribution in [3.05, 3.63) is 30.3 Å². The third kappa shape index (κ3) is 4.27. The molecule has 1 aromatic carbocycles. The molecule has 4 heteroatoms.